The molecule has 0 aliphatic rings. The summed E-state index contributed by atoms with van der Waals surface area (Å²) in [5, 5.41) is 11.8. The third-order valence-corrected chi connectivity index (χ3v) is 4.01. The van der Waals surface area contributed by atoms with Crippen molar-refractivity contribution in [3.8, 4) is 0 Å². The Morgan fingerprint density at radius 1 is 0.667 bits per heavy atom. The van der Waals surface area contributed by atoms with Gasteiger partial charge in [-0.2, -0.15) is 0 Å². The number of hydrogen-bond donors (Lipinski definition) is 1. The van der Waals surface area contributed by atoms with Gasteiger partial charge in [0.15, 0.2) is 0 Å². The standard InChI is InChI=1S/C18H36NO2/c1-2-3-4-5-6-7-8-9-10-11-12-13-14-15-16-17-19-18(20)21/h2-17H2,1H3,(H,20,21). The van der Waals surface area contributed by atoms with Crippen LogP contribution in [0.25, 0.3) is 0 Å². The molecule has 21 heavy (non-hydrogen) atoms. The highest BCUT2D eigenvalue weighted by molar-refractivity contribution is 5.63. The zero-order chi connectivity index (χ0) is 15.6. The highest BCUT2D eigenvalue weighted by atomic mass is 16.4. The summed E-state index contributed by atoms with van der Waals surface area (Å²) in [5.74, 6) is 0. The van der Waals surface area contributed by atoms with Gasteiger partial charge in [-0.1, -0.05) is 96.8 Å². The molecular weight excluding hydrogens is 262 g/mol. The second-order valence-electron chi connectivity index (χ2n) is 6.11. The summed E-state index contributed by atoms with van der Waals surface area (Å²) in [7, 11) is 0. The average Bonchev–Trinajstić information content (AvgIpc) is 2.46. The van der Waals surface area contributed by atoms with E-state index in [-0.39, 0.29) is 0 Å². The van der Waals surface area contributed by atoms with Crippen molar-refractivity contribution in [3.05, 3.63) is 0 Å². The van der Waals surface area contributed by atoms with Crippen LogP contribution in [0.15, 0.2) is 0 Å². The molecule has 3 heteroatoms. The molecule has 0 bridgehead atoms. The van der Waals surface area contributed by atoms with Crippen molar-refractivity contribution in [2.24, 2.45) is 0 Å². The van der Waals surface area contributed by atoms with Crippen LogP contribution in [0.4, 0.5) is 4.79 Å². The van der Waals surface area contributed by atoms with Gasteiger partial charge in [-0.25, -0.2) is 10.1 Å². The lowest BCUT2D eigenvalue weighted by Crippen LogP contribution is -2.13. The third kappa shape index (κ3) is 19.3. The predicted molar refractivity (Wildman–Crippen MR) is 90.0 cm³/mol. The number of carbonyl (C=O) groups is 1. The van der Waals surface area contributed by atoms with E-state index in [0.29, 0.717) is 6.54 Å². The molecule has 0 saturated carbocycles. The van der Waals surface area contributed by atoms with Gasteiger partial charge in [-0.05, 0) is 6.42 Å². The minimum absolute atomic E-state index is 0.480. The topological polar surface area (TPSA) is 51.4 Å². The van der Waals surface area contributed by atoms with Gasteiger partial charge >= 0.3 is 6.09 Å². The third-order valence-electron chi connectivity index (χ3n) is 4.01. The Kier molecular flexibility index (Phi) is 16.7. The van der Waals surface area contributed by atoms with Gasteiger partial charge in [-0.15, -0.1) is 0 Å². The SMILES string of the molecule is CCCCCCCCCCCCCCCCC[N]C(=O)O. The molecule has 125 valence electrons. The number of hydrogen-bond acceptors (Lipinski definition) is 1. The van der Waals surface area contributed by atoms with Crippen molar-refractivity contribution in [1.29, 1.82) is 0 Å². The van der Waals surface area contributed by atoms with Crippen molar-refractivity contribution in [3.63, 3.8) is 0 Å². The summed E-state index contributed by atoms with van der Waals surface area (Å²) >= 11 is 0. The van der Waals surface area contributed by atoms with Crippen LogP contribution in [0.3, 0.4) is 0 Å². The van der Waals surface area contributed by atoms with Crippen LogP contribution in [0, 0.1) is 0 Å². The van der Waals surface area contributed by atoms with Gasteiger partial charge in [0.25, 0.3) is 0 Å². The lowest BCUT2D eigenvalue weighted by atomic mass is 10.0. The van der Waals surface area contributed by atoms with E-state index >= 15 is 0 Å². The number of unbranched alkanes of at least 4 members (excludes halogenated alkanes) is 14. The van der Waals surface area contributed by atoms with E-state index in [4.69, 9.17) is 5.11 Å². The maximum Gasteiger partial charge on any atom is 0.426 e. The van der Waals surface area contributed by atoms with Crippen LogP contribution in [0.2, 0.25) is 0 Å². The first-order valence-corrected chi connectivity index (χ1v) is 9.17. The minimum Gasteiger partial charge on any atom is -0.464 e. The van der Waals surface area contributed by atoms with Gasteiger partial charge in [0.05, 0.1) is 0 Å². The fraction of sp³-hybridized carbons (Fsp3) is 0.944. The van der Waals surface area contributed by atoms with Crippen LogP contribution in [0.1, 0.15) is 103 Å². The van der Waals surface area contributed by atoms with E-state index in [1.807, 2.05) is 0 Å². The molecule has 0 saturated heterocycles. The lowest BCUT2D eigenvalue weighted by Gasteiger charge is -2.03. The molecule has 0 aromatic heterocycles. The van der Waals surface area contributed by atoms with Crippen molar-refractivity contribution in [2.45, 2.75) is 103 Å². The Hall–Kier alpha value is -0.730. The lowest BCUT2D eigenvalue weighted by molar-refractivity contribution is 0.193. The summed E-state index contributed by atoms with van der Waals surface area (Å²) in [4.78, 5) is 10.2. The summed E-state index contributed by atoms with van der Waals surface area (Å²) in [6.45, 7) is 2.75. The van der Waals surface area contributed by atoms with Gasteiger partial charge in [0.2, 0.25) is 0 Å². The molecule has 1 N–H and O–H groups in total. The van der Waals surface area contributed by atoms with E-state index in [0.717, 1.165) is 12.8 Å². The molecule has 0 aliphatic heterocycles. The Morgan fingerprint density at radius 2 is 1.00 bits per heavy atom. The number of carboxylic acid groups (broad SMARTS) is 1. The molecule has 0 aromatic carbocycles. The van der Waals surface area contributed by atoms with Gasteiger partial charge in [0.1, 0.15) is 0 Å². The van der Waals surface area contributed by atoms with Gasteiger partial charge in [-0.3, -0.25) is 0 Å². The van der Waals surface area contributed by atoms with Crippen molar-refractivity contribution < 1.29 is 9.90 Å². The fourth-order valence-corrected chi connectivity index (χ4v) is 2.66. The van der Waals surface area contributed by atoms with Crippen LogP contribution in [-0.4, -0.2) is 17.7 Å². The maximum absolute atomic E-state index is 10.2. The van der Waals surface area contributed by atoms with Crippen LogP contribution in [0.5, 0.6) is 0 Å². The summed E-state index contributed by atoms with van der Waals surface area (Å²) in [5.41, 5.74) is 0. The molecule has 3 nitrogen and oxygen atoms in total. The van der Waals surface area contributed by atoms with Crippen molar-refractivity contribution in [2.75, 3.05) is 6.54 Å². The highest BCUT2D eigenvalue weighted by Crippen LogP contribution is 2.13. The molecule has 1 radical (unpaired) electrons. The first-order valence-electron chi connectivity index (χ1n) is 9.17. The molecule has 0 unspecified atom stereocenters. The largest absolute Gasteiger partial charge is 0.464 e. The molecule has 0 fully saturated rings. The maximum atomic E-state index is 10.2. The Morgan fingerprint density at radius 3 is 1.33 bits per heavy atom. The Bertz CT molecular complexity index is 219. The minimum atomic E-state index is -1.03. The average molecular weight is 298 g/mol. The molecule has 0 aromatic rings. The zero-order valence-electron chi connectivity index (χ0n) is 14.1. The second-order valence-corrected chi connectivity index (χ2v) is 6.11. The second kappa shape index (κ2) is 17.3. The normalized spacial score (nSPS) is 10.7. The van der Waals surface area contributed by atoms with Crippen LogP contribution >= 0.6 is 0 Å². The molecule has 1 amide bonds. The monoisotopic (exact) mass is 298 g/mol. The van der Waals surface area contributed by atoms with E-state index < -0.39 is 6.09 Å². The van der Waals surface area contributed by atoms with Crippen molar-refractivity contribution in [1.82, 2.24) is 5.32 Å². The molecule has 0 atom stereocenters. The number of amides is 1. The highest BCUT2D eigenvalue weighted by Gasteiger charge is 1.97. The van der Waals surface area contributed by atoms with E-state index in [1.54, 1.807) is 0 Å². The van der Waals surface area contributed by atoms with E-state index in [1.165, 1.54) is 83.5 Å². The molecule has 0 aliphatic carbocycles. The van der Waals surface area contributed by atoms with E-state index in [2.05, 4.69) is 12.2 Å². The van der Waals surface area contributed by atoms with Crippen LogP contribution in [-0.2, 0) is 0 Å². The molecule has 0 rings (SSSR count). The van der Waals surface area contributed by atoms with Gasteiger partial charge in [0, 0.05) is 6.54 Å². The predicted octanol–water partition coefficient (Wildman–Crippen LogP) is 6.14. The Balaban J connectivity index is 2.95. The summed E-state index contributed by atoms with van der Waals surface area (Å²) < 4.78 is 0. The number of rotatable bonds is 16. The van der Waals surface area contributed by atoms with Crippen molar-refractivity contribution >= 4 is 6.09 Å². The quantitative estimate of drug-likeness (QED) is 0.348. The Labute approximate surface area is 131 Å². The summed E-state index contributed by atoms with van der Waals surface area (Å²) in [6, 6.07) is 0. The first kappa shape index (κ1) is 20.3. The fourth-order valence-electron chi connectivity index (χ4n) is 2.66. The molecule has 0 heterocycles. The van der Waals surface area contributed by atoms with Crippen LogP contribution < -0.4 is 5.32 Å². The molecular formula is C18H36NO2. The smallest absolute Gasteiger partial charge is 0.426 e. The van der Waals surface area contributed by atoms with E-state index in [9.17, 15) is 4.79 Å². The first-order chi connectivity index (χ1) is 10.3. The summed E-state index contributed by atoms with van der Waals surface area (Å²) in [6.07, 6.45) is 18.9. The number of nitrogens with zero attached hydrogens (tertiary/aromatic N) is 1. The molecule has 0 spiro atoms. The zero-order valence-corrected chi connectivity index (χ0v) is 14.1. The van der Waals surface area contributed by atoms with Gasteiger partial charge < -0.3 is 5.11 Å².